The predicted molar refractivity (Wildman–Crippen MR) is 131 cm³/mol. The van der Waals surface area contributed by atoms with Gasteiger partial charge in [0.05, 0.1) is 37.5 Å². The molecule has 3 aromatic rings. The van der Waals surface area contributed by atoms with Gasteiger partial charge in [0.15, 0.2) is 17.3 Å². The molecule has 1 aromatic heterocycles. The van der Waals surface area contributed by atoms with Crippen LogP contribution in [0.25, 0.3) is 0 Å². The molecule has 1 aliphatic rings. The molecular formula is C26H28N4O5. The van der Waals surface area contributed by atoms with Gasteiger partial charge in [-0.3, -0.25) is 9.78 Å². The Morgan fingerprint density at radius 1 is 1.14 bits per heavy atom. The number of anilines is 2. The van der Waals surface area contributed by atoms with Crippen molar-refractivity contribution >= 4 is 23.5 Å². The van der Waals surface area contributed by atoms with Gasteiger partial charge in [-0.2, -0.15) is 0 Å². The number of hydrogen-bond acceptors (Lipinski definition) is 7. The smallest absolute Gasteiger partial charge is 0.335 e. The average Bonchev–Trinajstić information content (AvgIpc) is 2.86. The Hall–Kier alpha value is -4.14. The SMILES string of the molecule is CCOc1ccccc1O[C@@H]1CCCN(c2cncc(NC(=O)Cc3cccc(C(=O)O)c3)n2)C1. The highest BCUT2D eigenvalue weighted by molar-refractivity contribution is 5.92. The third-order valence-electron chi connectivity index (χ3n) is 5.57. The van der Waals surface area contributed by atoms with Gasteiger partial charge < -0.3 is 24.8 Å². The molecule has 0 radical (unpaired) electrons. The maximum atomic E-state index is 12.5. The molecule has 2 aromatic carbocycles. The second-order valence-corrected chi connectivity index (χ2v) is 8.20. The number of carbonyl (C=O) groups excluding carboxylic acids is 1. The second kappa shape index (κ2) is 11.3. The zero-order valence-electron chi connectivity index (χ0n) is 19.5. The Kier molecular flexibility index (Phi) is 7.77. The molecule has 0 unspecified atom stereocenters. The molecule has 1 aliphatic heterocycles. The normalized spacial score (nSPS) is 15.3. The molecule has 35 heavy (non-hydrogen) atoms. The van der Waals surface area contributed by atoms with Crippen molar-refractivity contribution in [3.63, 3.8) is 0 Å². The number of carboxylic acid groups (broad SMARTS) is 1. The van der Waals surface area contributed by atoms with E-state index in [9.17, 15) is 9.59 Å². The van der Waals surface area contributed by atoms with Gasteiger partial charge in [0.2, 0.25) is 5.91 Å². The number of benzene rings is 2. The Labute approximate surface area is 203 Å². The molecule has 4 rings (SSSR count). The van der Waals surface area contributed by atoms with Crippen LogP contribution in [0.3, 0.4) is 0 Å². The molecule has 1 fully saturated rings. The third kappa shape index (κ3) is 6.47. The van der Waals surface area contributed by atoms with Crippen LogP contribution in [0.5, 0.6) is 11.5 Å². The molecule has 182 valence electrons. The van der Waals surface area contributed by atoms with E-state index in [4.69, 9.17) is 14.6 Å². The molecule has 1 amide bonds. The second-order valence-electron chi connectivity index (χ2n) is 8.20. The lowest BCUT2D eigenvalue weighted by molar-refractivity contribution is -0.115. The highest BCUT2D eigenvalue weighted by Gasteiger charge is 2.24. The van der Waals surface area contributed by atoms with Crippen molar-refractivity contribution in [2.45, 2.75) is 32.3 Å². The van der Waals surface area contributed by atoms with Crippen LogP contribution in [-0.4, -0.2) is 52.8 Å². The van der Waals surface area contributed by atoms with Crippen LogP contribution >= 0.6 is 0 Å². The summed E-state index contributed by atoms with van der Waals surface area (Å²) in [5.74, 6) is 1.11. The fraction of sp³-hybridized carbons (Fsp3) is 0.308. The standard InChI is InChI=1S/C26H28N4O5/c1-2-34-21-10-3-4-11-22(21)35-20-9-6-12-30(17-20)24-16-27-15-23(28-24)29-25(31)14-18-7-5-8-19(13-18)26(32)33/h3-5,7-8,10-11,13,15-16,20H,2,6,9,12,14,17H2,1H3,(H,32,33)(H,28,29,31)/t20-/m1/s1. The first-order chi connectivity index (χ1) is 17.0. The Bertz CT molecular complexity index is 1190. The lowest BCUT2D eigenvalue weighted by Gasteiger charge is -2.33. The number of amides is 1. The van der Waals surface area contributed by atoms with Crippen LogP contribution in [0.4, 0.5) is 11.6 Å². The average molecular weight is 477 g/mol. The van der Waals surface area contributed by atoms with Crippen LogP contribution in [-0.2, 0) is 11.2 Å². The maximum absolute atomic E-state index is 12.5. The van der Waals surface area contributed by atoms with E-state index in [2.05, 4.69) is 20.2 Å². The van der Waals surface area contributed by atoms with E-state index in [1.165, 1.54) is 18.3 Å². The molecular weight excluding hydrogens is 448 g/mol. The van der Waals surface area contributed by atoms with Crippen LogP contribution in [0.1, 0.15) is 35.7 Å². The summed E-state index contributed by atoms with van der Waals surface area (Å²) < 4.78 is 11.9. The number of piperidine rings is 1. The third-order valence-corrected chi connectivity index (χ3v) is 5.57. The number of aromatic carboxylic acids is 1. The van der Waals surface area contributed by atoms with Gasteiger partial charge in [0.25, 0.3) is 0 Å². The summed E-state index contributed by atoms with van der Waals surface area (Å²) in [7, 11) is 0. The fourth-order valence-corrected chi connectivity index (χ4v) is 4.00. The number of nitrogens with one attached hydrogen (secondary N) is 1. The molecule has 1 atom stereocenters. The molecule has 1 saturated heterocycles. The first-order valence-corrected chi connectivity index (χ1v) is 11.6. The van der Waals surface area contributed by atoms with Gasteiger partial charge in [0.1, 0.15) is 11.9 Å². The molecule has 0 aliphatic carbocycles. The first kappa shape index (κ1) is 24.0. The lowest BCUT2D eigenvalue weighted by Crippen LogP contribution is -2.41. The number of ether oxygens (including phenoxy) is 2. The van der Waals surface area contributed by atoms with Gasteiger partial charge in [-0.25, -0.2) is 9.78 Å². The topological polar surface area (TPSA) is 114 Å². The van der Waals surface area contributed by atoms with Crippen molar-refractivity contribution in [2.24, 2.45) is 0 Å². The van der Waals surface area contributed by atoms with Crippen molar-refractivity contribution < 1.29 is 24.2 Å². The number of nitrogens with zero attached hydrogens (tertiary/aromatic N) is 3. The van der Waals surface area contributed by atoms with E-state index in [-0.39, 0.29) is 24.0 Å². The molecule has 0 spiro atoms. The van der Waals surface area contributed by atoms with Crippen LogP contribution in [0.2, 0.25) is 0 Å². The first-order valence-electron chi connectivity index (χ1n) is 11.6. The maximum Gasteiger partial charge on any atom is 0.335 e. The largest absolute Gasteiger partial charge is 0.490 e. The summed E-state index contributed by atoms with van der Waals surface area (Å²) in [4.78, 5) is 34.6. The van der Waals surface area contributed by atoms with Crippen LogP contribution in [0, 0.1) is 0 Å². The fourth-order valence-electron chi connectivity index (χ4n) is 4.00. The summed E-state index contributed by atoms with van der Waals surface area (Å²) in [5.41, 5.74) is 0.748. The van der Waals surface area contributed by atoms with Crippen LogP contribution < -0.4 is 19.7 Å². The highest BCUT2D eigenvalue weighted by Crippen LogP contribution is 2.30. The number of carboxylic acids is 1. The zero-order chi connectivity index (χ0) is 24.6. The molecule has 0 bridgehead atoms. The quantitative estimate of drug-likeness (QED) is 0.479. The lowest BCUT2D eigenvalue weighted by atomic mass is 10.1. The van der Waals surface area contributed by atoms with Gasteiger partial charge in [0, 0.05) is 6.54 Å². The molecule has 2 heterocycles. The van der Waals surface area contributed by atoms with Gasteiger partial charge in [-0.05, 0) is 49.6 Å². The van der Waals surface area contributed by atoms with E-state index in [0.717, 1.165) is 30.9 Å². The molecule has 9 heteroatoms. The molecule has 9 nitrogen and oxygen atoms in total. The van der Waals surface area contributed by atoms with E-state index in [0.29, 0.717) is 30.4 Å². The summed E-state index contributed by atoms with van der Waals surface area (Å²) in [6, 6.07) is 14.0. The summed E-state index contributed by atoms with van der Waals surface area (Å²) in [6.07, 6.45) is 5.00. The van der Waals surface area contributed by atoms with Crippen molar-refractivity contribution in [3.8, 4) is 11.5 Å². The minimum atomic E-state index is -1.03. The molecule has 0 saturated carbocycles. The van der Waals surface area contributed by atoms with E-state index in [1.54, 1.807) is 18.3 Å². The number of hydrogen-bond donors (Lipinski definition) is 2. The Balaban J connectivity index is 1.39. The Morgan fingerprint density at radius 3 is 2.77 bits per heavy atom. The number of aromatic nitrogens is 2. The minimum Gasteiger partial charge on any atom is -0.490 e. The monoisotopic (exact) mass is 476 g/mol. The predicted octanol–water partition coefficient (Wildman–Crippen LogP) is 3.80. The van der Waals surface area contributed by atoms with Gasteiger partial charge >= 0.3 is 5.97 Å². The van der Waals surface area contributed by atoms with Crippen molar-refractivity contribution in [1.29, 1.82) is 0 Å². The summed E-state index contributed by atoms with van der Waals surface area (Å²) in [5, 5.41) is 11.9. The minimum absolute atomic E-state index is 0.0336. The number of para-hydroxylation sites is 2. The highest BCUT2D eigenvalue weighted by atomic mass is 16.5. The van der Waals surface area contributed by atoms with Crippen molar-refractivity contribution in [3.05, 3.63) is 72.1 Å². The van der Waals surface area contributed by atoms with Crippen molar-refractivity contribution in [1.82, 2.24) is 9.97 Å². The van der Waals surface area contributed by atoms with Gasteiger partial charge in [-0.1, -0.05) is 24.3 Å². The summed E-state index contributed by atoms with van der Waals surface area (Å²) in [6.45, 7) is 3.95. The summed E-state index contributed by atoms with van der Waals surface area (Å²) >= 11 is 0. The van der Waals surface area contributed by atoms with Crippen molar-refractivity contribution in [2.75, 3.05) is 29.9 Å². The van der Waals surface area contributed by atoms with Gasteiger partial charge in [-0.15, -0.1) is 0 Å². The number of carbonyl (C=O) groups is 2. The van der Waals surface area contributed by atoms with E-state index < -0.39 is 5.97 Å². The Morgan fingerprint density at radius 2 is 1.97 bits per heavy atom. The molecule has 2 N–H and O–H groups in total. The van der Waals surface area contributed by atoms with E-state index >= 15 is 0 Å². The number of rotatable bonds is 9. The van der Waals surface area contributed by atoms with Crippen LogP contribution in [0.15, 0.2) is 60.9 Å². The zero-order valence-corrected chi connectivity index (χ0v) is 19.5. The van der Waals surface area contributed by atoms with E-state index in [1.807, 2.05) is 31.2 Å².